The van der Waals surface area contributed by atoms with Gasteiger partial charge in [-0.25, -0.2) is 0 Å². The van der Waals surface area contributed by atoms with Crippen LogP contribution in [0.3, 0.4) is 0 Å². The maximum atomic E-state index is 4.14. The Kier molecular flexibility index (Phi) is 5.01. The predicted molar refractivity (Wildman–Crippen MR) is 119 cm³/mol. The average molecular weight is 384 g/mol. The van der Waals surface area contributed by atoms with E-state index in [2.05, 4.69) is 81.6 Å². The molecule has 4 heteroatoms. The first-order chi connectivity index (χ1) is 14.4. The first kappa shape index (κ1) is 18.0. The number of hydrogen-bond donors (Lipinski definition) is 2. The number of anilines is 1. The first-order valence-corrected chi connectivity index (χ1v) is 10.5. The summed E-state index contributed by atoms with van der Waals surface area (Å²) in [5.41, 5.74) is 6.54. The summed E-state index contributed by atoms with van der Waals surface area (Å²) in [7, 11) is 0. The predicted octanol–water partition coefficient (Wildman–Crippen LogP) is 3.18. The van der Waals surface area contributed by atoms with Gasteiger partial charge in [0.2, 0.25) is 0 Å². The molecule has 5 rings (SSSR count). The number of piperazine rings is 1. The summed E-state index contributed by atoms with van der Waals surface area (Å²) in [5, 5.41) is 1.36. The molecule has 2 aromatic carbocycles. The van der Waals surface area contributed by atoms with Crippen LogP contribution >= 0.6 is 0 Å². The molecule has 0 saturated carbocycles. The number of fused-ring (bicyclic) bond motifs is 1. The van der Waals surface area contributed by atoms with Crippen LogP contribution in [0.1, 0.15) is 5.56 Å². The van der Waals surface area contributed by atoms with E-state index < -0.39 is 0 Å². The molecule has 146 valence electrons. The first-order valence-electron chi connectivity index (χ1n) is 10.5. The molecule has 0 amide bonds. The molecule has 0 radical (unpaired) electrons. The number of benzene rings is 2. The molecule has 0 aliphatic carbocycles. The van der Waals surface area contributed by atoms with Gasteiger partial charge in [0.25, 0.3) is 0 Å². The molecule has 3 heterocycles. The van der Waals surface area contributed by atoms with Crippen molar-refractivity contribution in [2.45, 2.75) is 6.42 Å². The molecular formula is C25H27N4+. The van der Waals surface area contributed by atoms with E-state index >= 15 is 0 Å². The highest BCUT2D eigenvalue weighted by molar-refractivity contribution is 5.90. The molecule has 4 nitrogen and oxygen atoms in total. The van der Waals surface area contributed by atoms with Gasteiger partial charge in [0.05, 0.1) is 32.7 Å². The number of H-pyrrole nitrogens is 1. The maximum Gasteiger partial charge on any atom is 0.0949 e. The normalized spacial score (nSPS) is 15.1. The standard InChI is InChI=1S/C25H26N4/c1-2-6-20(7-3-1)25-23(22-8-4-5-9-24(22)27-25)12-15-28-16-18-29(19-17-28)21-10-13-26-14-11-21/h1-11,13-14,27H,12,15-19H2/p+1. The van der Waals surface area contributed by atoms with Gasteiger partial charge < -0.3 is 14.8 Å². The monoisotopic (exact) mass is 383 g/mol. The number of aromatic nitrogens is 2. The van der Waals surface area contributed by atoms with Crippen LogP contribution in [-0.4, -0.2) is 42.7 Å². The molecule has 1 saturated heterocycles. The Balaban J connectivity index is 1.31. The molecule has 0 unspecified atom stereocenters. The molecule has 0 spiro atoms. The van der Waals surface area contributed by atoms with E-state index in [1.807, 2.05) is 12.4 Å². The van der Waals surface area contributed by atoms with Crippen LogP contribution in [0.4, 0.5) is 5.69 Å². The number of rotatable bonds is 5. The number of pyridine rings is 1. The quantitative estimate of drug-likeness (QED) is 0.555. The highest BCUT2D eigenvalue weighted by Gasteiger charge is 2.21. The second-order valence-corrected chi connectivity index (χ2v) is 7.83. The third kappa shape index (κ3) is 3.76. The van der Waals surface area contributed by atoms with Crippen molar-refractivity contribution in [3.05, 3.63) is 84.7 Å². The molecule has 0 atom stereocenters. The Labute approximate surface area is 171 Å². The van der Waals surface area contributed by atoms with Crippen LogP contribution in [0, 0.1) is 0 Å². The summed E-state index contributed by atoms with van der Waals surface area (Å²) in [4.78, 5) is 12.0. The number of aromatic amines is 1. The van der Waals surface area contributed by atoms with Crippen molar-refractivity contribution in [2.24, 2.45) is 0 Å². The van der Waals surface area contributed by atoms with E-state index in [0.717, 1.165) is 19.5 Å². The summed E-state index contributed by atoms with van der Waals surface area (Å²) >= 11 is 0. The van der Waals surface area contributed by atoms with Gasteiger partial charge in [-0.05, 0) is 29.3 Å². The fourth-order valence-corrected chi connectivity index (χ4v) is 4.50. The van der Waals surface area contributed by atoms with Crippen molar-refractivity contribution in [1.29, 1.82) is 0 Å². The number of nitrogens with one attached hydrogen (secondary N) is 2. The third-order valence-electron chi connectivity index (χ3n) is 6.10. The second kappa shape index (κ2) is 8.10. The average Bonchev–Trinajstić information content (AvgIpc) is 3.18. The van der Waals surface area contributed by atoms with Gasteiger partial charge >= 0.3 is 0 Å². The van der Waals surface area contributed by atoms with Crippen molar-refractivity contribution in [2.75, 3.05) is 37.6 Å². The summed E-state index contributed by atoms with van der Waals surface area (Å²) in [6, 6.07) is 23.7. The largest absolute Gasteiger partial charge is 0.360 e. The Morgan fingerprint density at radius 2 is 1.59 bits per heavy atom. The van der Waals surface area contributed by atoms with Crippen LogP contribution in [-0.2, 0) is 6.42 Å². The van der Waals surface area contributed by atoms with Crippen LogP contribution < -0.4 is 9.80 Å². The molecule has 0 bridgehead atoms. The molecule has 2 aromatic heterocycles. The van der Waals surface area contributed by atoms with Gasteiger partial charge in [0.15, 0.2) is 0 Å². The number of nitrogens with zero attached hydrogens (tertiary/aromatic N) is 2. The summed E-state index contributed by atoms with van der Waals surface area (Å²) in [6.07, 6.45) is 4.87. The minimum Gasteiger partial charge on any atom is -0.360 e. The van der Waals surface area contributed by atoms with Crippen molar-refractivity contribution in [3.8, 4) is 11.3 Å². The zero-order valence-corrected chi connectivity index (χ0v) is 16.6. The van der Waals surface area contributed by atoms with E-state index in [-0.39, 0.29) is 0 Å². The number of quaternary nitrogens is 1. The topological polar surface area (TPSA) is 36.4 Å². The molecule has 1 aliphatic rings. The van der Waals surface area contributed by atoms with Crippen molar-refractivity contribution in [1.82, 2.24) is 9.97 Å². The maximum absolute atomic E-state index is 4.14. The Morgan fingerprint density at radius 3 is 2.38 bits per heavy atom. The molecule has 2 N–H and O–H groups in total. The lowest BCUT2D eigenvalue weighted by Gasteiger charge is -2.33. The van der Waals surface area contributed by atoms with Gasteiger partial charge in [-0.1, -0.05) is 48.5 Å². The van der Waals surface area contributed by atoms with E-state index in [1.165, 1.54) is 53.0 Å². The van der Waals surface area contributed by atoms with Gasteiger partial charge in [-0.3, -0.25) is 4.98 Å². The Morgan fingerprint density at radius 1 is 0.862 bits per heavy atom. The van der Waals surface area contributed by atoms with E-state index in [9.17, 15) is 0 Å². The summed E-state index contributed by atoms with van der Waals surface area (Å²) < 4.78 is 0. The van der Waals surface area contributed by atoms with Crippen LogP contribution in [0.5, 0.6) is 0 Å². The van der Waals surface area contributed by atoms with Gasteiger partial charge in [0, 0.05) is 41.1 Å². The Hall–Kier alpha value is -3.11. The van der Waals surface area contributed by atoms with Gasteiger partial charge in [0.1, 0.15) is 0 Å². The van der Waals surface area contributed by atoms with E-state index in [1.54, 1.807) is 4.90 Å². The van der Waals surface area contributed by atoms with Crippen LogP contribution in [0.25, 0.3) is 22.2 Å². The number of para-hydroxylation sites is 1. The Bertz CT molecular complexity index is 1060. The highest BCUT2D eigenvalue weighted by Crippen LogP contribution is 2.30. The smallest absolute Gasteiger partial charge is 0.0949 e. The van der Waals surface area contributed by atoms with E-state index in [4.69, 9.17) is 0 Å². The minimum atomic E-state index is 1.10. The molecule has 29 heavy (non-hydrogen) atoms. The molecule has 1 fully saturated rings. The zero-order valence-electron chi connectivity index (χ0n) is 16.6. The van der Waals surface area contributed by atoms with Crippen LogP contribution in [0.15, 0.2) is 79.1 Å². The SMILES string of the molecule is c1ccc(-c2[nH]c3ccccc3c2CC[NH+]2CCN(c3ccncc3)CC2)cc1. The summed E-state index contributed by atoms with van der Waals surface area (Å²) in [5.74, 6) is 0. The third-order valence-corrected chi connectivity index (χ3v) is 6.10. The van der Waals surface area contributed by atoms with Crippen molar-refractivity contribution in [3.63, 3.8) is 0 Å². The lowest BCUT2D eigenvalue weighted by atomic mass is 10.0. The highest BCUT2D eigenvalue weighted by atomic mass is 15.3. The lowest BCUT2D eigenvalue weighted by Crippen LogP contribution is -3.15. The zero-order chi connectivity index (χ0) is 19.5. The fourth-order valence-electron chi connectivity index (χ4n) is 4.50. The van der Waals surface area contributed by atoms with Crippen LogP contribution in [0.2, 0.25) is 0 Å². The van der Waals surface area contributed by atoms with Gasteiger partial charge in [-0.15, -0.1) is 0 Å². The van der Waals surface area contributed by atoms with Crippen molar-refractivity contribution < 1.29 is 4.90 Å². The van der Waals surface area contributed by atoms with Crippen molar-refractivity contribution >= 4 is 16.6 Å². The molecular weight excluding hydrogens is 356 g/mol. The molecule has 4 aromatic rings. The number of hydrogen-bond acceptors (Lipinski definition) is 2. The van der Waals surface area contributed by atoms with Gasteiger partial charge in [-0.2, -0.15) is 0 Å². The van der Waals surface area contributed by atoms with E-state index in [0.29, 0.717) is 0 Å². The second-order valence-electron chi connectivity index (χ2n) is 7.83. The lowest BCUT2D eigenvalue weighted by molar-refractivity contribution is -0.900. The fraction of sp³-hybridized carbons (Fsp3) is 0.240. The summed E-state index contributed by atoms with van der Waals surface area (Å²) in [6.45, 7) is 5.76. The molecule has 1 aliphatic heterocycles. The minimum absolute atomic E-state index is 1.10.